The highest BCUT2D eigenvalue weighted by atomic mass is 127. The van der Waals surface area contributed by atoms with Crippen molar-refractivity contribution in [1.29, 1.82) is 0 Å². The fourth-order valence-corrected chi connectivity index (χ4v) is 2.31. The van der Waals surface area contributed by atoms with Crippen molar-refractivity contribution in [2.45, 2.75) is 31.9 Å². The van der Waals surface area contributed by atoms with Crippen molar-refractivity contribution >= 4 is 28.5 Å². The Balaban J connectivity index is 2.47. The number of amides is 1. The highest BCUT2D eigenvalue weighted by molar-refractivity contribution is 14.1. The van der Waals surface area contributed by atoms with Crippen LogP contribution in [-0.4, -0.2) is 23.1 Å². The fraction of sp³-hybridized carbons (Fsp3) is 0.900. The quantitative estimate of drug-likeness (QED) is 0.616. The van der Waals surface area contributed by atoms with E-state index in [0.29, 0.717) is 19.4 Å². The third kappa shape index (κ3) is 4.10. The van der Waals surface area contributed by atoms with Gasteiger partial charge < -0.3 is 5.32 Å². The van der Waals surface area contributed by atoms with Crippen molar-refractivity contribution in [3.8, 4) is 0 Å². The molecule has 0 saturated heterocycles. The molecule has 0 spiro atoms. The van der Waals surface area contributed by atoms with E-state index in [1.165, 1.54) is 0 Å². The molecule has 0 aromatic carbocycles. The average molecular weight is 349 g/mol. The van der Waals surface area contributed by atoms with Gasteiger partial charge in [0.1, 0.15) is 0 Å². The highest BCUT2D eigenvalue weighted by Gasteiger charge is 2.43. The van der Waals surface area contributed by atoms with E-state index in [0.717, 1.165) is 4.43 Å². The van der Waals surface area contributed by atoms with Gasteiger partial charge in [0.15, 0.2) is 0 Å². The predicted molar refractivity (Wildman–Crippen MR) is 63.4 cm³/mol. The number of carbonyl (C=O) groups excluding carboxylic acids is 1. The number of hydrogen-bond donors (Lipinski definition) is 1. The minimum Gasteiger partial charge on any atom is -0.355 e. The summed E-state index contributed by atoms with van der Waals surface area (Å²) in [5, 5.41) is 2.66. The molecule has 0 radical (unpaired) electrons. The van der Waals surface area contributed by atoms with Gasteiger partial charge in [-0.15, -0.1) is 0 Å². The summed E-state index contributed by atoms with van der Waals surface area (Å²) in [5.74, 6) is -1.97. The van der Waals surface area contributed by atoms with E-state index < -0.39 is 18.0 Å². The van der Waals surface area contributed by atoms with E-state index in [1.54, 1.807) is 0 Å². The Labute approximate surface area is 106 Å². The maximum atomic E-state index is 12.5. The number of rotatable bonds is 3. The molecule has 1 aliphatic rings. The second-order valence-corrected chi connectivity index (χ2v) is 5.16. The second-order valence-electron chi connectivity index (χ2n) is 4.08. The second kappa shape index (κ2) is 6.07. The van der Waals surface area contributed by atoms with Crippen molar-refractivity contribution in [1.82, 2.24) is 5.32 Å². The molecular weight excluding hydrogens is 334 g/mol. The zero-order valence-electron chi connectivity index (χ0n) is 8.82. The predicted octanol–water partition coefficient (Wildman–Crippen LogP) is 2.91. The zero-order valence-corrected chi connectivity index (χ0v) is 11.0. The molecule has 0 aromatic heterocycles. The summed E-state index contributed by atoms with van der Waals surface area (Å²) in [7, 11) is 0. The van der Waals surface area contributed by atoms with Crippen LogP contribution in [-0.2, 0) is 4.79 Å². The van der Waals surface area contributed by atoms with Crippen LogP contribution in [0.15, 0.2) is 0 Å². The molecule has 2 unspecified atom stereocenters. The first-order chi connectivity index (χ1) is 7.45. The normalized spacial score (nSPS) is 26.5. The summed E-state index contributed by atoms with van der Waals surface area (Å²) in [6.45, 7) is 0.534. The molecule has 1 aliphatic carbocycles. The summed E-state index contributed by atoms with van der Waals surface area (Å²) < 4.78 is 38.3. The molecule has 2 nitrogen and oxygen atoms in total. The largest absolute Gasteiger partial charge is 0.391 e. The molecule has 94 valence electrons. The van der Waals surface area contributed by atoms with Crippen LogP contribution in [0.1, 0.15) is 25.7 Å². The molecule has 0 bridgehead atoms. The summed E-state index contributed by atoms with van der Waals surface area (Å²) in [5.41, 5.74) is 0. The van der Waals surface area contributed by atoms with Gasteiger partial charge in [0, 0.05) is 16.9 Å². The summed E-state index contributed by atoms with van der Waals surface area (Å²) in [6.07, 6.45) is -2.95. The van der Waals surface area contributed by atoms with Crippen LogP contribution in [0.3, 0.4) is 0 Å². The smallest absolute Gasteiger partial charge is 0.355 e. The topological polar surface area (TPSA) is 29.1 Å². The van der Waals surface area contributed by atoms with Crippen LogP contribution in [0.2, 0.25) is 0 Å². The van der Waals surface area contributed by atoms with Crippen molar-refractivity contribution < 1.29 is 18.0 Å². The van der Waals surface area contributed by atoms with Crippen molar-refractivity contribution in [2.24, 2.45) is 11.8 Å². The molecule has 16 heavy (non-hydrogen) atoms. The van der Waals surface area contributed by atoms with Crippen LogP contribution in [0.5, 0.6) is 0 Å². The average Bonchev–Trinajstić information content (AvgIpc) is 2.25. The Kier molecular flexibility index (Phi) is 5.33. The molecule has 1 amide bonds. The molecule has 2 atom stereocenters. The number of alkyl halides is 4. The Hall–Kier alpha value is -0.0100. The Morgan fingerprint density at radius 2 is 2.06 bits per heavy atom. The first-order valence-electron chi connectivity index (χ1n) is 5.35. The van der Waals surface area contributed by atoms with E-state index in [4.69, 9.17) is 0 Å². The summed E-state index contributed by atoms with van der Waals surface area (Å²) in [6, 6.07) is 0. The van der Waals surface area contributed by atoms with Crippen molar-refractivity contribution in [3.05, 3.63) is 0 Å². The number of nitrogens with one attached hydrogen (secondary N) is 1. The molecule has 0 aromatic rings. The number of halogens is 4. The van der Waals surface area contributed by atoms with Crippen molar-refractivity contribution in [2.75, 3.05) is 11.0 Å². The lowest BCUT2D eigenvalue weighted by Gasteiger charge is -2.29. The van der Waals surface area contributed by atoms with Gasteiger partial charge in [-0.25, -0.2) is 0 Å². The molecule has 1 N–H and O–H groups in total. The third-order valence-corrected chi connectivity index (χ3v) is 3.44. The third-order valence-electron chi connectivity index (χ3n) is 2.90. The molecule has 1 saturated carbocycles. The van der Waals surface area contributed by atoms with Crippen molar-refractivity contribution in [3.63, 3.8) is 0 Å². The van der Waals surface area contributed by atoms with Gasteiger partial charge in [-0.3, -0.25) is 4.79 Å². The Morgan fingerprint density at radius 1 is 1.38 bits per heavy atom. The lowest BCUT2D eigenvalue weighted by molar-refractivity contribution is -0.186. The Morgan fingerprint density at radius 3 is 2.62 bits per heavy atom. The molecule has 6 heteroatoms. The van der Waals surface area contributed by atoms with Gasteiger partial charge in [0.05, 0.1) is 5.92 Å². The minimum atomic E-state index is -4.15. The fourth-order valence-electron chi connectivity index (χ4n) is 2.04. The van der Waals surface area contributed by atoms with Crippen LogP contribution in [0.25, 0.3) is 0 Å². The number of hydrogen-bond acceptors (Lipinski definition) is 1. The Bertz CT molecular complexity index is 245. The van der Waals surface area contributed by atoms with Gasteiger partial charge in [0.25, 0.3) is 0 Å². The van der Waals surface area contributed by atoms with E-state index in [9.17, 15) is 18.0 Å². The van der Waals surface area contributed by atoms with Crippen LogP contribution < -0.4 is 5.32 Å². The molecule has 1 rings (SSSR count). The van der Waals surface area contributed by atoms with Gasteiger partial charge in [-0.05, 0) is 19.3 Å². The van der Waals surface area contributed by atoms with E-state index in [-0.39, 0.29) is 18.7 Å². The zero-order chi connectivity index (χ0) is 12.2. The van der Waals surface area contributed by atoms with Gasteiger partial charge >= 0.3 is 6.18 Å². The molecule has 0 aliphatic heterocycles. The minimum absolute atomic E-state index is 0.0451. The van der Waals surface area contributed by atoms with Gasteiger partial charge in [0.2, 0.25) is 5.91 Å². The van der Waals surface area contributed by atoms with Gasteiger partial charge in [-0.2, -0.15) is 13.2 Å². The molecule has 0 heterocycles. The van der Waals surface area contributed by atoms with E-state index in [1.807, 2.05) is 0 Å². The summed E-state index contributed by atoms with van der Waals surface area (Å²) in [4.78, 5) is 11.5. The first-order valence-corrected chi connectivity index (χ1v) is 6.88. The molecule has 1 fully saturated rings. The lowest BCUT2D eigenvalue weighted by Crippen LogP contribution is -2.37. The highest BCUT2D eigenvalue weighted by Crippen LogP contribution is 2.39. The number of carbonyl (C=O) groups is 1. The van der Waals surface area contributed by atoms with Gasteiger partial charge in [-0.1, -0.05) is 29.0 Å². The lowest BCUT2D eigenvalue weighted by atomic mass is 9.80. The monoisotopic (exact) mass is 349 g/mol. The molecular formula is C10H15F3INO. The van der Waals surface area contributed by atoms with Crippen LogP contribution in [0.4, 0.5) is 13.2 Å². The standard InChI is InChI=1S/C10H15F3INO/c11-10(12,13)8-3-1-2-7(6-8)9(16)15-5-4-14/h7-8H,1-6H2,(H,15,16). The van der Waals surface area contributed by atoms with Crippen LogP contribution in [0, 0.1) is 11.8 Å². The summed E-state index contributed by atoms with van der Waals surface area (Å²) >= 11 is 2.11. The first kappa shape index (κ1) is 14.1. The maximum absolute atomic E-state index is 12.5. The van der Waals surface area contributed by atoms with Crippen LogP contribution >= 0.6 is 22.6 Å². The van der Waals surface area contributed by atoms with E-state index >= 15 is 0 Å². The maximum Gasteiger partial charge on any atom is 0.391 e. The van der Waals surface area contributed by atoms with E-state index in [2.05, 4.69) is 27.9 Å². The SMILES string of the molecule is O=C(NCCI)C1CCCC(C(F)(F)F)C1.